The van der Waals surface area contributed by atoms with E-state index in [1.54, 1.807) is 0 Å². The van der Waals surface area contributed by atoms with Crippen LogP contribution in [0.5, 0.6) is 0 Å². The van der Waals surface area contributed by atoms with Crippen LogP contribution >= 0.6 is 23.1 Å². The molecule has 1 aliphatic rings. The molecule has 0 aliphatic heterocycles. The topological polar surface area (TPSA) is 59.8 Å². The lowest BCUT2D eigenvalue weighted by Crippen LogP contribution is -2.37. The molecule has 7 heteroatoms. The number of amides is 1. The van der Waals surface area contributed by atoms with E-state index in [4.69, 9.17) is 0 Å². The summed E-state index contributed by atoms with van der Waals surface area (Å²) in [6.07, 6.45) is 4.93. The third kappa shape index (κ3) is 4.74. The van der Waals surface area contributed by atoms with E-state index in [2.05, 4.69) is 42.4 Å². The van der Waals surface area contributed by atoms with Gasteiger partial charge in [-0.3, -0.25) is 4.79 Å². The molecule has 1 aliphatic carbocycles. The van der Waals surface area contributed by atoms with Crippen LogP contribution in [0.25, 0.3) is 10.7 Å². The maximum Gasteiger partial charge on any atom is 0.230 e. The normalized spacial score (nSPS) is 17.8. The highest BCUT2D eigenvalue weighted by Gasteiger charge is 2.22. The molecule has 5 nitrogen and oxygen atoms in total. The quantitative estimate of drug-likeness (QED) is 0.696. The summed E-state index contributed by atoms with van der Waals surface area (Å²) in [4.78, 5) is 14.8. The van der Waals surface area contributed by atoms with Gasteiger partial charge in [-0.15, -0.1) is 21.5 Å². The Balaban J connectivity index is 1.66. The molecule has 0 aromatic carbocycles. The van der Waals surface area contributed by atoms with Gasteiger partial charge in [0.25, 0.3) is 0 Å². The summed E-state index contributed by atoms with van der Waals surface area (Å²) in [6.45, 7) is 8.54. The summed E-state index contributed by atoms with van der Waals surface area (Å²) in [5.74, 6) is 2.56. The van der Waals surface area contributed by atoms with Crippen molar-refractivity contribution in [3.05, 3.63) is 16.5 Å². The summed E-state index contributed by atoms with van der Waals surface area (Å²) in [5.41, 5.74) is 1.49. The van der Waals surface area contributed by atoms with E-state index in [1.807, 2.05) is 29.9 Å². The second-order valence-electron chi connectivity index (χ2n) is 7.83. The molecule has 0 radical (unpaired) electrons. The van der Waals surface area contributed by atoms with Crippen LogP contribution < -0.4 is 5.32 Å². The number of carbonyl (C=O) groups excluding carboxylic acids is 1. The molecular weight excluding hydrogens is 376 g/mol. The second kappa shape index (κ2) is 8.78. The zero-order valence-corrected chi connectivity index (χ0v) is 18.5. The molecule has 0 saturated heterocycles. The molecule has 27 heavy (non-hydrogen) atoms. The number of thioether (sulfide) groups is 1. The zero-order chi connectivity index (χ0) is 19.6. The van der Waals surface area contributed by atoms with Crippen LogP contribution in [0.4, 0.5) is 0 Å². The maximum atomic E-state index is 12.1. The Hall–Kier alpha value is -1.34. The Bertz CT molecular complexity index is 796. The number of thiophene rings is 1. The molecule has 3 rings (SSSR count). The standard InChI is InChI=1S/C20H30N4OS2/c1-6-14-7-8-16-15(9-14)10-17(27-16)19-22-23-20(24(19)5)26-11-18(25)21-13(4)12(2)3/h10,12-14H,6-9,11H2,1-5H3,(H,21,25). The first-order valence-corrected chi connectivity index (χ1v) is 11.6. The van der Waals surface area contributed by atoms with Gasteiger partial charge < -0.3 is 9.88 Å². The summed E-state index contributed by atoms with van der Waals surface area (Å²) in [5, 5.41) is 12.5. The molecule has 148 valence electrons. The van der Waals surface area contributed by atoms with Gasteiger partial charge in [0.2, 0.25) is 5.91 Å². The number of aromatic nitrogens is 3. The van der Waals surface area contributed by atoms with E-state index in [1.165, 1.54) is 52.8 Å². The molecule has 2 unspecified atom stereocenters. The molecule has 0 fully saturated rings. The van der Waals surface area contributed by atoms with Crippen LogP contribution in [0.2, 0.25) is 0 Å². The first-order chi connectivity index (χ1) is 12.9. The number of aryl methyl sites for hydroxylation is 1. The predicted octanol–water partition coefficient (Wildman–Crippen LogP) is 4.31. The Morgan fingerprint density at radius 3 is 2.89 bits per heavy atom. The van der Waals surface area contributed by atoms with Crippen molar-refractivity contribution < 1.29 is 4.79 Å². The van der Waals surface area contributed by atoms with Gasteiger partial charge in [0.05, 0.1) is 10.6 Å². The predicted molar refractivity (Wildman–Crippen MR) is 113 cm³/mol. The van der Waals surface area contributed by atoms with Crippen molar-refractivity contribution >= 4 is 29.0 Å². The number of rotatable bonds is 7. The minimum absolute atomic E-state index is 0.0444. The van der Waals surface area contributed by atoms with Gasteiger partial charge in [0.15, 0.2) is 11.0 Å². The third-order valence-corrected chi connectivity index (χ3v) is 7.79. The molecule has 0 saturated carbocycles. The van der Waals surface area contributed by atoms with E-state index in [0.29, 0.717) is 11.7 Å². The second-order valence-corrected chi connectivity index (χ2v) is 9.91. The number of carbonyl (C=O) groups is 1. The Kier molecular flexibility index (Phi) is 6.63. The molecule has 1 N–H and O–H groups in total. The molecule has 2 aromatic rings. The Labute approximate surface area is 170 Å². The van der Waals surface area contributed by atoms with Crippen LogP contribution in [0.3, 0.4) is 0 Å². The molecule has 2 aromatic heterocycles. The average Bonchev–Trinajstić information content (AvgIpc) is 3.22. The molecule has 1 amide bonds. The fourth-order valence-corrected chi connectivity index (χ4v) is 5.26. The first-order valence-electron chi connectivity index (χ1n) is 9.82. The smallest absolute Gasteiger partial charge is 0.230 e. The van der Waals surface area contributed by atoms with Gasteiger partial charge in [-0.2, -0.15) is 0 Å². The minimum Gasteiger partial charge on any atom is -0.353 e. The number of nitrogens with one attached hydrogen (secondary N) is 1. The monoisotopic (exact) mass is 406 g/mol. The fraction of sp³-hybridized carbons (Fsp3) is 0.650. The van der Waals surface area contributed by atoms with Gasteiger partial charge in [-0.25, -0.2) is 0 Å². The van der Waals surface area contributed by atoms with Gasteiger partial charge >= 0.3 is 0 Å². The van der Waals surface area contributed by atoms with Crippen molar-refractivity contribution in [2.75, 3.05) is 5.75 Å². The summed E-state index contributed by atoms with van der Waals surface area (Å²) in [7, 11) is 1.99. The summed E-state index contributed by atoms with van der Waals surface area (Å²) >= 11 is 3.30. The third-order valence-electron chi connectivity index (χ3n) is 5.54. The Morgan fingerprint density at radius 2 is 2.19 bits per heavy atom. The lowest BCUT2D eigenvalue weighted by atomic mass is 9.87. The number of hydrogen-bond acceptors (Lipinski definition) is 5. The lowest BCUT2D eigenvalue weighted by molar-refractivity contribution is -0.119. The van der Waals surface area contributed by atoms with Crippen molar-refractivity contribution in [2.45, 2.75) is 64.6 Å². The molecule has 0 bridgehead atoms. The highest BCUT2D eigenvalue weighted by molar-refractivity contribution is 7.99. The van der Waals surface area contributed by atoms with Gasteiger partial charge in [-0.05, 0) is 49.7 Å². The van der Waals surface area contributed by atoms with Crippen LogP contribution in [0.15, 0.2) is 11.2 Å². The van der Waals surface area contributed by atoms with Crippen LogP contribution in [0, 0.1) is 11.8 Å². The SMILES string of the molecule is CCC1CCc2sc(-c3nnc(SCC(=O)NC(C)C(C)C)n3C)cc2C1. The van der Waals surface area contributed by atoms with Gasteiger partial charge in [0, 0.05) is 18.0 Å². The minimum atomic E-state index is 0.0444. The summed E-state index contributed by atoms with van der Waals surface area (Å²) < 4.78 is 2.01. The van der Waals surface area contributed by atoms with Crippen LogP contribution in [-0.2, 0) is 24.7 Å². The van der Waals surface area contributed by atoms with E-state index in [-0.39, 0.29) is 11.9 Å². The Morgan fingerprint density at radius 1 is 1.41 bits per heavy atom. The molecule has 2 heterocycles. The highest BCUT2D eigenvalue weighted by Crippen LogP contribution is 2.37. The van der Waals surface area contributed by atoms with Crippen LogP contribution in [0.1, 0.15) is 51.0 Å². The highest BCUT2D eigenvalue weighted by atomic mass is 32.2. The largest absolute Gasteiger partial charge is 0.353 e. The number of nitrogens with zero attached hydrogens (tertiary/aromatic N) is 3. The zero-order valence-electron chi connectivity index (χ0n) is 16.9. The van der Waals surface area contributed by atoms with Crippen molar-refractivity contribution in [1.82, 2.24) is 20.1 Å². The average molecular weight is 407 g/mol. The number of hydrogen-bond donors (Lipinski definition) is 1. The van der Waals surface area contributed by atoms with Crippen molar-refractivity contribution in [3.63, 3.8) is 0 Å². The summed E-state index contributed by atoms with van der Waals surface area (Å²) in [6, 6.07) is 2.48. The van der Waals surface area contributed by atoms with E-state index >= 15 is 0 Å². The van der Waals surface area contributed by atoms with E-state index in [0.717, 1.165) is 16.9 Å². The van der Waals surface area contributed by atoms with Gasteiger partial charge in [0.1, 0.15) is 0 Å². The molecule has 0 spiro atoms. The van der Waals surface area contributed by atoms with Crippen LogP contribution in [-0.4, -0.2) is 32.5 Å². The lowest BCUT2D eigenvalue weighted by Gasteiger charge is -2.19. The van der Waals surface area contributed by atoms with Crippen molar-refractivity contribution in [3.8, 4) is 10.7 Å². The van der Waals surface area contributed by atoms with E-state index < -0.39 is 0 Å². The fourth-order valence-electron chi connectivity index (χ4n) is 3.31. The van der Waals surface area contributed by atoms with Gasteiger partial charge in [-0.1, -0.05) is 39.0 Å². The molecular formula is C20H30N4OS2. The van der Waals surface area contributed by atoms with Crippen molar-refractivity contribution in [2.24, 2.45) is 18.9 Å². The maximum absolute atomic E-state index is 12.1. The van der Waals surface area contributed by atoms with E-state index in [9.17, 15) is 4.79 Å². The van der Waals surface area contributed by atoms with Crippen molar-refractivity contribution in [1.29, 1.82) is 0 Å². The number of fused-ring (bicyclic) bond motifs is 1. The molecule has 2 atom stereocenters. The first kappa shape index (κ1) is 20.4.